The fourth-order valence-electron chi connectivity index (χ4n) is 1.76. The van der Waals surface area contributed by atoms with E-state index >= 15 is 0 Å². The fourth-order valence-corrected chi connectivity index (χ4v) is 3.48. The third kappa shape index (κ3) is 4.75. The second kappa shape index (κ2) is 8.21. The number of hydrogen-bond donors (Lipinski definition) is 1. The average molecular weight is 342 g/mol. The van der Waals surface area contributed by atoms with Gasteiger partial charge in [0.25, 0.3) is 0 Å². The van der Waals surface area contributed by atoms with E-state index in [0.29, 0.717) is 30.5 Å². The molecule has 0 fully saturated rings. The molecule has 0 bridgehead atoms. The van der Waals surface area contributed by atoms with Crippen LogP contribution in [0.25, 0.3) is 10.8 Å². The van der Waals surface area contributed by atoms with Crippen molar-refractivity contribution in [3.8, 4) is 10.8 Å². The minimum absolute atomic E-state index is 0.0512. The molecule has 1 unspecified atom stereocenters. The second-order valence-corrected chi connectivity index (χ2v) is 6.98. The van der Waals surface area contributed by atoms with Crippen LogP contribution in [-0.4, -0.2) is 41.1 Å². The molecule has 0 aliphatic carbocycles. The first-order valence-corrected chi connectivity index (χ1v) is 9.07. The molecule has 0 saturated heterocycles. The van der Waals surface area contributed by atoms with Crippen molar-refractivity contribution in [2.24, 2.45) is 0 Å². The predicted octanol–water partition coefficient (Wildman–Crippen LogP) is 1.72. The van der Waals surface area contributed by atoms with Crippen molar-refractivity contribution in [3.05, 3.63) is 29.0 Å². The second-order valence-electron chi connectivity index (χ2n) is 4.57. The lowest BCUT2D eigenvalue weighted by Gasteiger charge is -2.03. The minimum atomic E-state index is -1.32. The van der Waals surface area contributed by atoms with Gasteiger partial charge in [0, 0.05) is 24.5 Å². The third-order valence-corrected chi connectivity index (χ3v) is 4.88. The first kappa shape index (κ1) is 16.9. The number of nitrogens with zero attached hydrogens (tertiary/aromatic N) is 1. The minimum Gasteiger partial charge on any atom is -0.440 e. The Morgan fingerprint density at radius 1 is 1.55 bits per heavy atom. The monoisotopic (exact) mass is 342 g/mol. The lowest BCUT2D eigenvalue weighted by Crippen LogP contribution is -2.31. The van der Waals surface area contributed by atoms with Crippen LogP contribution in [0.2, 0.25) is 0 Å². The molecule has 0 spiro atoms. The molecular formula is C14H18N2O4S2. The molecule has 22 heavy (non-hydrogen) atoms. The molecule has 6 nitrogen and oxygen atoms in total. The van der Waals surface area contributed by atoms with Crippen LogP contribution in [0.4, 0.5) is 0 Å². The molecule has 2 aromatic heterocycles. The van der Waals surface area contributed by atoms with E-state index in [9.17, 15) is 9.00 Å². The zero-order chi connectivity index (χ0) is 15.9. The molecule has 0 aromatic carbocycles. The van der Waals surface area contributed by atoms with Crippen molar-refractivity contribution in [2.45, 2.75) is 12.7 Å². The highest BCUT2D eigenvalue weighted by Gasteiger charge is 2.16. The van der Waals surface area contributed by atoms with Crippen LogP contribution in [0.5, 0.6) is 0 Å². The summed E-state index contributed by atoms with van der Waals surface area (Å²) in [6.07, 6.45) is 0. The van der Waals surface area contributed by atoms with Gasteiger partial charge in [-0.25, -0.2) is 4.98 Å². The van der Waals surface area contributed by atoms with E-state index in [2.05, 4.69) is 10.3 Å². The SMILES string of the molecule is COCCNC(=O)CS(=O)Cc1nc(-c2cccs2)oc1C. The largest absolute Gasteiger partial charge is 0.440 e. The Labute approximate surface area is 135 Å². The van der Waals surface area contributed by atoms with Crippen molar-refractivity contribution >= 4 is 28.0 Å². The summed E-state index contributed by atoms with van der Waals surface area (Å²) in [4.78, 5) is 16.9. The highest BCUT2D eigenvalue weighted by Crippen LogP contribution is 2.26. The fraction of sp³-hybridized carbons (Fsp3) is 0.429. The Morgan fingerprint density at radius 2 is 2.36 bits per heavy atom. The standard InChI is InChI=1S/C14H18N2O4S2/c1-10-11(16-14(20-10)12-4-3-7-21-12)8-22(18)9-13(17)15-5-6-19-2/h3-4,7H,5-6,8-9H2,1-2H3,(H,15,17). The number of rotatable bonds is 8. The lowest BCUT2D eigenvalue weighted by atomic mass is 10.4. The van der Waals surface area contributed by atoms with Crippen LogP contribution < -0.4 is 5.32 Å². The Balaban J connectivity index is 1.90. The van der Waals surface area contributed by atoms with Crippen molar-refractivity contribution < 1.29 is 18.2 Å². The normalized spacial score (nSPS) is 12.3. The van der Waals surface area contributed by atoms with E-state index in [1.54, 1.807) is 14.0 Å². The van der Waals surface area contributed by atoms with Gasteiger partial charge in [0.1, 0.15) is 11.5 Å². The summed E-state index contributed by atoms with van der Waals surface area (Å²) in [6, 6.07) is 3.83. The molecule has 2 rings (SSSR count). The zero-order valence-corrected chi connectivity index (χ0v) is 14.1. The number of carbonyl (C=O) groups is 1. The number of aryl methyl sites for hydroxylation is 1. The quantitative estimate of drug-likeness (QED) is 0.739. The summed E-state index contributed by atoms with van der Waals surface area (Å²) in [5, 5.41) is 4.58. The van der Waals surface area contributed by atoms with Crippen LogP contribution in [0, 0.1) is 6.92 Å². The van der Waals surface area contributed by atoms with E-state index in [-0.39, 0.29) is 17.4 Å². The van der Waals surface area contributed by atoms with Crippen LogP contribution in [0.1, 0.15) is 11.5 Å². The Morgan fingerprint density at radius 3 is 3.05 bits per heavy atom. The molecule has 0 saturated carbocycles. The number of thiophene rings is 1. The number of carbonyl (C=O) groups excluding carboxylic acids is 1. The first-order valence-electron chi connectivity index (χ1n) is 6.71. The summed E-state index contributed by atoms with van der Waals surface area (Å²) < 4.78 is 22.5. The number of aromatic nitrogens is 1. The summed E-state index contributed by atoms with van der Waals surface area (Å²) >= 11 is 1.53. The maximum atomic E-state index is 12.0. The van der Waals surface area contributed by atoms with Crippen molar-refractivity contribution in [3.63, 3.8) is 0 Å². The van der Waals surface area contributed by atoms with Gasteiger partial charge in [-0.05, 0) is 18.4 Å². The molecule has 1 N–H and O–H groups in total. The Kier molecular flexibility index (Phi) is 6.29. The molecular weight excluding hydrogens is 324 g/mol. The molecule has 120 valence electrons. The molecule has 2 aromatic rings. The number of nitrogens with one attached hydrogen (secondary N) is 1. The highest BCUT2D eigenvalue weighted by atomic mass is 32.2. The lowest BCUT2D eigenvalue weighted by molar-refractivity contribution is -0.118. The van der Waals surface area contributed by atoms with Gasteiger partial charge in [0.2, 0.25) is 11.8 Å². The number of methoxy groups -OCH3 is 1. The summed E-state index contributed by atoms with van der Waals surface area (Å²) in [5.41, 5.74) is 0.631. The van der Waals surface area contributed by atoms with Gasteiger partial charge in [-0.1, -0.05) is 6.07 Å². The van der Waals surface area contributed by atoms with E-state index in [1.165, 1.54) is 11.3 Å². The summed E-state index contributed by atoms with van der Waals surface area (Å²) in [5.74, 6) is 1.07. The van der Waals surface area contributed by atoms with Gasteiger partial charge in [0.05, 0.1) is 22.9 Å². The van der Waals surface area contributed by atoms with Gasteiger partial charge in [0.15, 0.2) is 0 Å². The van der Waals surface area contributed by atoms with E-state index < -0.39 is 10.8 Å². The highest BCUT2D eigenvalue weighted by molar-refractivity contribution is 7.84. The third-order valence-electron chi connectivity index (χ3n) is 2.84. The predicted molar refractivity (Wildman–Crippen MR) is 86.2 cm³/mol. The molecule has 1 atom stereocenters. The molecule has 0 aliphatic heterocycles. The van der Waals surface area contributed by atoms with Crippen molar-refractivity contribution in [2.75, 3.05) is 26.0 Å². The maximum Gasteiger partial charge on any atom is 0.236 e. The Hall–Kier alpha value is -1.51. The molecule has 0 radical (unpaired) electrons. The molecule has 2 heterocycles. The van der Waals surface area contributed by atoms with Gasteiger partial charge < -0.3 is 14.5 Å². The number of oxazole rings is 1. The molecule has 8 heteroatoms. The van der Waals surface area contributed by atoms with Gasteiger partial charge >= 0.3 is 0 Å². The summed E-state index contributed by atoms with van der Waals surface area (Å²) in [7, 11) is 0.236. The van der Waals surface area contributed by atoms with Crippen LogP contribution >= 0.6 is 11.3 Å². The van der Waals surface area contributed by atoms with Gasteiger partial charge in [-0.15, -0.1) is 11.3 Å². The summed E-state index contributed by atoms with van der Waals surface area (Å²) in [6.45, 7) is 2.64. The van der Waals surface area contributed by atoms with Gasteiger partial charge in [-0.3, -0.25) is 9.00 Å². The topological polar surface area (TPSA) is 81.4 Å². The Bertz CT molecular complexity index is 637. The first-order chi connectivity index (χ1) is 10.6. The van der Waals surface area contributed by atoms with E-state index in [1.807, 2.05) is 17.5 Å². The van der Waals surface area contributed by atoms with Crippen LogP contribution in [-0.2, 0) is 26.1 Å². The molecule has 0 aliphatic rings. The zero-order valence-electron chi connectivity index (χ0n) is 12.5. The van der Waals surface area contributed by atoms with Gasteiger partial charge in [-0.2, -0.15) is 0 Å². The van der Waals surface area contributed by atoms with Crippen molar-refractivity contribution in [1.82, 2.24) is 10.3 Å². The average Bonchev–Trinajstić information content (AvgIpc) is 3.09. The number of amides is 1. The van der Waals surface area contributed by atoms with E-state index in [0.717, 1.165) is 4.88 Å². The maximum absolute atomic E-state index is 12.0. The number of ether oxygens (including phenoxy) is 1. The smallest absolute Gasteiger partial charge is 0.236 e. The van der Waals surface area contributed by atoms with E-state index in [4.69, 9.17) is 9.15 Å². The van der Waals surface area contributed by atoms with Crippen LogP contribution in [0.3, 0.4) is 0 Å². The van der Waals surface area contributed by atoms with Crippen molar-refractivity contribution in [1.29, 1.82) is 0 Å². The molecule has 1 amide bonds. The van der Waals surface area contributed by atoms with Crippen LogP contribution in [0.15, 0.2) is 21.9 Å². The number of hydrogen-bond acceptors (Lipinski definition) is 6.